The van der Waals surface area contributed by atoms with Crippen molar-refractivity contribution in [2.45, 2.75) is 191 Å². The largest absolute Gasteiger partial charge is 0.454 e. The summed E-state index contributed by atoms with van der Waals surface area (Å²) in [6.45, 7) is 22.2. The maximum absolute atomic E-state index is 13.4. The second-order valence-electron chi connectivity index (χ2n) is 19.5. The van der Waals surface area contributed by atoms with Crippen LogP contribution in [0, 0.1) is 10.8 Å². The summed E-state index contributed by atoms with van der Waals surface area (Å²) in [7, 11) is 1.61. The average Bonchev–Trinajstić information content (AvgIpc) is 3.22. The van der Waals surface area contributed by atoms with Gasteiger partial charge in [-0.05, 0) is 101 Å². The maximum atomic E-state index is 13.4. The molecule has 0 heterocycles. The van der Waals surface area contributed by atoms with Crippen LogP contribution in [0.25, 0.3) is 0 Å². The van der Waals surface area contributed by atoms with Crippen molar-refractivity contribution in [2.75, 3.05) is 7.11 Å². The van der Waals surface area contributed by atoms with Gasteiger partial charge in [0.05, 0.1) is 0 Å². The Balaban J connectivity index is 1.79. The molecule has 0 N–H and O–H groups in total. The molecule has 6 heteroatoms. The minimum absolute atomic E-state index is 0.0780. The van der Waals surface area contributed by atoms with Crippen molar-refractivity contribution >= 4 is 23.3 Å². The number of allylic oxidation sites excluding steroid dienone is 20. The lowest BCUT2D eigenvalue weighted by Crippen LogP contribution is -2.39. The zero-order valence-corrected chi connectivity index (χ0v) is 42.0. The number of ether oxygens (including phenoxy) is 2. The number of ketones is 3. The van der Waals surface area contributed by atoms with Crippen LogP contribution in [0.1, 0.15) is 179 Å². The summed E-state index contributed by atoms with van der Waals surface area (Å²) in [6.07, 6.45) is 43.9. The van der Waals surface area contributed by atoms with Crippen LogP contribution in [0.4, 0.5) is 0 Å². The number of carbonyl (C=O) groups excluding carboxylic acids is 4. The van der Waals surface area contributed by atoms with Gasteiger partial charge >= 0.3 is 5.97 Å². The number of esters is 1. The second kappa shape index (κ2) is 29.2. The van der Waals surface area contributed by atoms with Gasteiger partial charge in [-0.2, -0.15) is 0 Å². The Morgan fingerprint density at radius 1 is 0.516 bits per heavy atom. The van der Waals surface area contributed by atoms with Crippen LogP contribution in [-0.2, 0) is 28.7 Å². The van der Waals surface area contributed by atoms with Crippen molar-refractivity contribution < 1.29 is 28.7 Å². The van der Waals surface area contributed by atoms with Crippen LogP contribution in [0.3, 0.4) is 0 Å². The van der Waals surface area contributed by atoms with Gasteiger partial charge in [-0.1, -0.05) is 199 Å². The molecule has 0 aliphatic heterocycles. The molecule has 2 aliphatic rings. The molecule has 0 radical (unpaired) electrons. The molecule has 0 aromatic heterocycles. The number of carbonyl (C=O) groups is 4. The van der Waals surface area contributed by atoms with Crippen LogP contribution in [0.5, 0.6) is 0 Å². The maximum Gasteiger partial charge on any atom is 0.306 e. The van der Waals surface area contributed by atoms with E-state index in [0.717, 1.165) is 71.1 Å². The Hall–Kier alpha value is -4.42. The molecule has 0 spiro atoms. The van der Waals surface area contributed by atoms with Gasteiger partial charge in [0.2, 0.25) is 0 Å². The van der Waals surface area contributed by atoms with E-state index in [4.69, 9.17) is 9.47 Å². The van der Waals surface area contributed by atoms with E-state index in [9.17, 15) is 19.2 Å². The highest BCUT2D eigenvalue weighted by molar-refractivity contribution is 6.02. The molecule has 2 aliphatic carbocycles. The minimum Gasteiger partial charge on any atom is -0.454 e. The summed E-state index contributed by atoms with van der Waals surface area (Å²) in [5.74, 6) is 0.0118. The molecule has 0 amide bonds. The van der Waals surface area contributed by atoms with E-state index in [1.165, 1.54) is 51.4 Å². The topological polar surface area (TPSA) is 86.7 Å². The van der Waals surface area contributed by atoms with E-state index in [1.54, 1.807) is 14.0 Å². The third-order valence-corrected chi connectivity index (χ3v) is 12.5. The van der Waals surface area contributed by atoms with Gasteiger partial charge in [0.15, 0.2) is 17.7 Å². The van der Waals surface area contributed by atoms with Crippen molar-refractivity contribution in [3.8, 4) is 0 Å². The summed E-state index contributed by atoms with van der Waals surface area (Å²) in [6, 6.07) is 0. The van der Waals surface area contributed by atoms with E-state index in [-0.39, 0.29) is 34.5 Å². The number of Topliss-reactive ketones (excluding diaryl/α,β-unsaturated/α-hetero) is 3. The molecule has 352 valence electrons. The lowest BCUT2D eigenvalue weighted by molar-refractivity contribution is -0.156. The highest BCUT2D eigenvalue weighted by atomic mass is 16.5. The zero-order chi connectivity index (χ0) is 47.7. The fourth-order valence-corrected chi connectivity index (χ4v) is 8.48. The Morgan fingerprint density at radius 2 is 0.859 bits per heavy atom. The van der Waals surface area contributed by atoms with Crippen LogP contribution in [-0.4, -0.2) is 42.6 Å². The fraction of sp³-hybridized carbons (Fsp3) is 0.552. The normalized spacial score (nSPS) is 20.4. The molecule has 0 aromatic carbocycles. The van der Waals surface area contributed by atoms with Crippen LogP contribution >= 0.6 is 0 Å². The first kappa shape index (κ1) is 55.7. The van der Waals surface area contributed by atoms with Crippen LogP contribution in [0.15, 0.2) is 130 Å². The van der Waals surface area contributed by atoms with E-state index in [2.05, 4.69) is 97.1 Å². The first-order chi connectivity index (χ1) is 30.3. The van der Waals surface area contributed by atoms with Crippen molar-refractivity contribution in [2.24, 2.45) is 10.8 Å². The number of hydrogen-bond acceptors (Lipinski definition) is 6. The summed E-state index contributed by atoms with van der Waals surface area (Å²) in [5, 5.41) is 0. The average molecular weight is 877 g/mol. The predicted molar refractivity (Wildman–Crippen MR) is 269 cm³/mol. The molecule has 0 saturated heterocycles. The smallest absolute Gasteiger partial charge is 0.306 e. The molecule has 0 bridgehead atoms. The molecule has 0 fully saturated rings. The van der Waals surface area contributed by atoms with Gasteiger partial charge in [-0.3, -0.25) is 14.4 Å². The number of hydrogen-bond donors (Lipinski definition) is 0. The van der Waals surface area contributed by atoms with Crippen molar-refractivity contribution in [1.29, 1.82) is 0 Å². The SMILES string of the molecule is COC1CC(C)(C)C(/C=C/C(C)=C/C=C/C(C)=C/C=C/C=C(C)/C=C/C=C(C)/C=C/C2=C(C)C(=O)C(OC(=O)CCCCCCCCCCCCCCC(C)=O)CC2(C)C)=C(C)C1=O. The Bertz CT molecular complexity index is 1920. The van der Waals surface area contributed by atoms with Crippen LogP contribution < -0.4 is 0 Å². The first-order valence-electron chi connectivity index (χ1n) is 24.1. The van der Waals surface area contributed by atoms with Crippen LogP contribution in [0.2, 0.25) is 0 Å². The Labute approximate surface area is 389 Å². The third kappa shape index (κ3) is 21.0. The van der Waals surface area contributed by atoms with E-state index >= 15 is 0 Å². The van der Waals surface area contributed by atoms with E-state index in [1.807, 2.05) is 57.2 Å². The molecule has 0 saturated carbocycles. The Kier molecular flexibility index (Phi) is 25.4. The Morgan fingerprint density at radius 3 is 1.27 bits per heavy atom. The summed E-state index contributed by atoms with van der Waals surface area (Å²) in [4.78, 5) is 49.8. The lowest BCUT2D eigenvalue weighted by Gasteiger charge is -2.36. The number of methoxy groups -OCH3 is 1. The van der Waals surface area contributed by atoms with Crippen molar-refractivity contribution in [3.63, 3.8) is 0 Å². The quantitative estimate of drug-likeness (QED) is 0.0464. The van der Waals surface area contributed by atoms with Gasteiger partial charge in [0.25, 0.3) is 0 Å². The summed E-state index contributed by atoms with van der Waals surface area (Å²) >= 11 is 0. The van der Waals surface area contributed by atoms with Gasteiger partial charge in [-0.25, -0.2) is 0 Å². The molecule has 2 unspecified atom stereocenters. The second-order valence-corrected chi connectivity index (χ2v) is 19.5. The monoisotopic (exact) mass is 877 g/mol. The van der Waals surface area contributed by atoms with Gasteiger partial charge in [0.1, 0.15) is 11.9 Å². The van der Waals surface area contributed by atoms with E-state index in [0.29, 0.717) is 30.6 Å². The zero-order valence-electron chi connectivity index (χ0n) is 42.0. The highest BCUT2D eigenvalue weighted by Gasteiger charge is 2.40. The van der Waals surface area contributed by atoms with Gasteiger partial charge in [0, 0.05) is 26.4 Å². The van der Waals surface area contributed by atoms with Gasteiger partial charge in [-0.15, -0.1) is 0 Å². The van der Waals surface area contributed by atoms with E-state index < -0.39 is 6.10 Å². The standard InChI is InChI=1S/C58H84O6/c1-43(31-27-33-45(3)37-39-50-48(6)55(61)52(63-12)41-57(50,8)9)29-25-26-30-44(2)32-28-34-46(4)38-40-51-49(7)56(62)53(42-58(51,10)11)64-54(60)36-24-22-20-18-16-14-13-15-17-19-21-23-35-47(5)59/h25-34,37-40,52-53H,13-24,35-36,41-42H2,1-12H3/b26-25+,31-27+,32-28+,39-37+,40-38+,43-29+,44-30+,45-33+,46-34+. The third-order valence-electron chi connectivity index (χ3n) is 12.5. The first-order valence-corrected chi connectivity index (χ1v) is 24.1. The number of unbranched alkanes of at least 4 members (excludes halogenated alkanes) is 11. The molecular formula is C58H84O6. The summed E-state index contributed by atoms with van der Waals surface area (Å²) < 4.78 is 11.2. The van der Waals surface area contributed by atoms with Crippen molar-refractivity contribution in [3.05, 3.63) is 130 Å². The molecule has 2 atom stereocenters. The molecular weight excluding hydrogens is 793 g/mol. The molecule has 64 heavy (non-hydrogen) atoms. The minimum atomic E-state index is -0.726. The predicted octanol–water partition coefficient (Wildman–Crippen LogP) is 15.2. The molecule has 0 aromatic rings. The van der Waals surface area contributed by atoms with Crippen molar-refractivity contribution in [1.82, 2.24) is 0 Å². The van der Waals surface area contributed by atoms with Gasteiger partial charge < -0.3 is 14.3 Å². The lowest BCUT2D eigenvalue weighted by atomic mass is 9.71. The fourth-order valence-electron chi connectivity index (χ4n) is 8.48. The summed E-state index contributed by atoms with van der Waals surface area (Å²) in [5.41, 5.74) is 7.48. The molecule has 6 nitrogen and oxygen atoms in total. The highest BCUT2D eigenvalue weighted by Crippen LogP contribution is 2.42. The number of rotatable bonds is 27. The molecule has 2 rings (SSSR count).